The number of amides is 1. The highest BCUT2D eigenvalue weighted by molar-refractivity contribution is 6.05. The maximum Gasteiger partial charge on any atom is 0.306 e. The molecule has 1 aliphatic rings. The van der Waals surface area contributed by atoms with Crippen molar-refractivity contribution >= 4 is 22.8 Å². The number of aliphatic hydroxyl groups is 1. The van der Waals surface area contributed by atoms with Crippen LogP contribution in [0.25, 0.3) is 10.9 Å². The van der Waals surface area contributed by atoms with Crippen LogP contribution in [0.15, 0.2) is 24.3 Å². The molecule has 1 saturated carbocycles. The number of carbonyl (C=O) groups is 2. The predicted octanol–water partition coefficient (Wildman–Crippen LogP) is 1.40. The van der Waals surface area contributed by atoms with Crippen LogP contribution in [-0.2, 0) is 11.3 Å². The smallest absolute Gasteiger partial charge is 0.306 e. The minimum Gasteiger partial charge on any atom is -0.481 e. The van der Waals surface area contributed by atoms with Gasteiger partial charge in [-0.15, -0.1) is 0 Å². The Labute approximate surface area is 139 Å². The Kier molecular flexibility index (Phi) is 4.80. The van der Waals surface area contributed by atoms with Gasteiger partial charge in [-0.3, -0.25) is 14.3 Å². The van der Waals surface area contributed by atoms with Crippen LogP contribution in [0.5, 0.6) is 0 Å². The average molecular weight is 331 g/mol. The number of hydrogen-bond acceptors (Lipinski definition) is 4. The molecule has 0 atom stereocenters. The first-order chi connectivity index (χ1) is 11.6. The van der Waals surface area contributed by atoms with E-state index in [1.807, 2.05) is 24.3 Å². The number of aromatic nitrogens is 2. The number of rotatable bonds is 5. The van der Waals surface area contributed by atoms with Crippen molar-refractivity contribution in [3.05, 3.63) is 30.0 Å². The van der Waals surface area contributed by atoms with E-state index in [0.717, 1.165) is 5.39 Å². The van der Waals surface area contributed by atoms with Crippen LogP contribution in [0.3, 0.4) is 0 Å². The van der Waals surface area contributed by atoms with E-state index in [1.54, 1.807) is 0 Å². The van der Waals surface area contributed by atoms with Gasteiger partial charge in [0.2, 0.25) is 0 Å². The zero-order valence-electron chi connectivity index (χ0n) is 13.3. The molecule has 0 saturated heterocycles. The number of aliphatic carboxylic acids is 1. The van der Waals surface area contributed by atoms with Crippen molar-refractivity contribution in [1.29, 1.82) is 0 Å². The average Bonchev–Trinajstić information content (AvgIpc) is 2.93. The lowest BCUT2D eigenvalue weighted by Gasteiger charge is -2.26. The first-order valence-corrected chi connectivity index (χ1v) is 8.20. The van der Waals surface area contributed by atoms with Crippen LogP contribution in [0.2, 0.25) is 0 Å². The molecule has 7 heteroatoms. The number of carboxylic acids is 1. The van der Waals surface area contributed by atoms with Crippen molar-refractivity contribution < 1.29 is 19.8 Å². The summed E-state index contributed by atoms with van der Waals surface area (Å²) in [5.74, 6) is -1.29. The molecule has 3 N–H and O–H groups in total. The Hall–Kier alpha value is -2.41. The fourth-order valence-corrected chi connectivity index (χ4v) is 3.31. The third-order valence-corrected chi connectivity index (χ3v) is 4.58. The van der Waals surface area contributed by atoms with E-state index < -0.39 is 5.97 Å². The van der Waals surface area contributed by atoms with Crippen molar-refractivity contribution in [3.63, 3.8) is 0 Å². The number of carbonyl (C=O) groups excluding carboxylic acids is 1. The topological polar surface area (TPSA) is 104 Å². The largest absolute Gasteiger partial charge is 0.481 e. The third-order valence-electron chi connectivity index (χ3n) is 4.58. The lowest BCUT2D eigenvalue weighted by atomic mass is 9.86. The summed E-state index contributed by atoms with van der Waals surface area (Å²) in [6.07, 6.45) is 2.48. The number of hydrogen-bond donors (Lipinski definition) is 3. The molecule has 1 fully saturated rings. The van der Waals surface area contributed by atoms with Gasteiger partial charge in [-0.05, 0) is 31.7 Å². The molecule has 1 heterocycles. The molecule has 1 aliphatic carbocycles. The summed E-state index contributed by atoms with van der Waals surface area (Å²) in [6, 6.07) is 7.35. The molecule has 1 amide bonds. The summed E-state index contributed by atoms with van der Waals surface area (Å²) in [6.45, 7) is 0.154. The molecule has 128 valence electrons. The summed E-state index contributed by atoms with van der Waals surface area (Å²) in [5.41, 5.74) is 1.16. The molecule has 0 unspecified atom stereocenters. The van der Waals surface area contributed by atoms with Crippen LogP contribution in [-0.4, -0.2) is 44.5 Å². The van der Waals surface area contributed by atoms with Crippen molar-refractivity contribution in [2.75, 3.05) is 6.61 Å². The van der Waals surface area contributed by atoms with Crippen LogP contribution in [0.1, 0.15) is 36.2 Å². The van der Waals surface area contributed by atoms with E-state index in [4.69, 9.17) is 5.11 Å². The van der Waals surface area contributed by atoms with Gasteiger partial charge in [-0.2, -0.15) is 5.10 Å². The van der Waals surface area contributed by atoms with Crippen molar-refractivity contribution in [1.82, 2.24) is 15.1 Å². The summed E-state index contributed by atoms with van der Waals surface area (Å²) < 4.78 is 1.53. The molecule has 3 rings (SSSR count). The van der Waals surface area contributed by atoms with Gasteiger partial charge >= 0.3 is 5.97 Å². The molecule has 0 aliphatic heterocycles. The second-order valence-corrected chi connectivity index (χ2v) is 6.17. The third kappa shape index (κ3) is 3.26. The van der Waals surface area contributed by atoms with Gasteiger partial charge in [0.05, 0.1) is 24.6 Å². The number of fused-ring (bicyclic) bond motifs is 1. The molecule has 0 bridgehead atoms. The molecule has 7 nitrogen and oxygen atoms in total. The molecule has 1 aromatic carbocycles. The maximum atomic E-state index is 12.7. The summed E-state index contributed by atoms with van der Waals surface area (Å²) in [7, 11) is 0. The number of benzene rings is 1. The normalized spacial score (nSPS) is 20.9. The van der Waals surface area contributed by atoms with E-state index in [2.05, 4.69) is 10.4 Å². The van der Waals surface area contributed by atoms with E-state index in [1.165, 1.54) is 4.68 Å². The Balaban J connectivity index is 1.76. The number of nitrogens with zero attached hydrogens (tertiary/aromatic N) is 2. The highest BCUT2D eigenvalue weighted by Crippen LogP contribution is 2.25. The molecule has 24 heavy (non-hydrogen) atoms. The van der Waals surface area contributed by atoms with E-state index >= 15 is 0 Å². The minimum absolute atomic E-state index is 0.0238. The lowest BCUT2D eigenvalue weighted by Crippen LogP contribution is -2.39. The second-order valence-electron chi connectivity index (χ2n) is 6.17. The van der Waals surface area contributed by atoms with Gasteiger partial charge in [-0.1, -0.05) is 18.2 Å². The van der Waals surface area contributed by atoms with Gasteiger partial charge in [0.25, 0.3) is 5.91 Å². The molecule has 1 aromatic heterocycles. The van der Waals surface area contributed by atoms with Gasteiger partial charge < -0.3 is 15.5 Å². The Morgan fingerprint density at radius 1 is 1.21 bits per heavy atom. The number of nitrogens with one attached hydrogen (secondary N) is 1. The van der Waals surface area contributed by atoms with Crippen molar-refractivity contribution in [2.45, 2.75) is 38.3 Å². The van der Waals surface area contributed by atoms with Crippen LogP contribution in [0.4, 0.5) is 0 Å². The Morgan fingerprint density at radius 3 is 2.58 bits per heavy atom. The highest BCUT2D eigenvalue weighted by Gasteiger charge is 2.28. The van der Waals surface area contributed by atoms with E-state index in [-0.39, 0.29) is 31.0 Å². The van der Waals surface area contributed by atoms with Gasteiger partial charge in [0, 0.05) is 11.4 Å². The predicted molar refractivity (Wildman–Crippen MR) is 87.7 cm³/mol. The summed E-state index contributed by atoms with van der Waals surface area (Å²) in [4.78, 5) is 23.7. The Bertz CT molecular complexity index is 747. The quantitative estimate of drug-likeness (QED) is 0.768. The van der Waals surface area contributed by atoms with Crippen LogP contribution < -0.4 is 5.32 Å². The molecular formula is C17H21N3O4. The first-order valence-electron chi connectivity index (χ1n) is 8.20. The van der Waals surface area contributed by atoms with E-state index in [0.29, 0.717) is 36.9 Å². The fourth-order valence-electron chi connectivity index (χ4n) is 3.31. The van der Waals surface area contributed by atoms with Crippen LogP contribution in [0, 0.1) is 5.92 Å². The number of carboxylic acid groups (broad SMARTS) is 1. The van der Waals surface area contributed by atoms with Gasteiger partial charge in [0.1, 0.15) is 5.69 Å². The minimum atomic E-state index is -0.758. The number of aliphatic hydroxyl groups excluding tert-OH is 1. The molecular weight excluding hydrogens is 310 g/mol. The standard InChI is InChI=1S/C17H21N3O4/c21-10-9-20-15(13-3-1-2-4-14(13)19-20)16(22)18-12-7-5-11(6-8-12)17(23)24/h1-4,11-12,21H,5-10H2,(H,18,22)(H,23,24). The first kappa shape index (κ1) is 16.4. The zero-order valence-corrected chi connectivity index (χ0v) is 13.3. The monoisotopic (exact) mass is 331 g/mol. The highest BCUT2D eigenvalue weighted by atomic mass is 16.4. The molecule has 0 spiro atoms. The lowest BCUT2D eigenvalue weighted by molar-refractivity contribution is -0.142. The fraction of sp³-hybridized carbons (Fsp3) is 0.471. The van der Waals surface area contributed by atoms with Crippen molar-refractivity contribution in [3.8, 4) is 0 Å². The zero-order chi connectivity index (χ0) is 17.1. The molecule has 2 aromatic rings. The van der Waals surface area contributed by atoms with Crippen LogP contribution >= 0.6 is 0 Å². The summed E-state index contributed by atoms with van der Waals surface area (Å²) in [5, 5.41) is 26.4. The summed E-state index contributed by atoms with van der Waals surface area (Å²) >= 11 is 0. The molecule has 0 radical (unpaired) electrons. The Morgan fingerprint density at radius 2 is 1.92 bits per heavy atom. The second kappa shape index (κ2) is 7.00. The van der Waals surface area contributed by atoms with Crippen molar-refractivity contribution in [2.24, 2.45) is 5.92 Å². The van der Waals surface area contributed by atoms with Gasteiger partial charge in [-0.25, -0.2) is 0 Å². The van der Waals surface area contributed by atoms with Gasteiger partial charge in [0.15, 0.2) is 0 Å². The maximum absolute atomic E-state index is 12.7. The SMILES string of the molecule is O=C(NC1CCC(C(=O)O)CC1)c1c2ccccc2nn1CCO. The van der Waals surface area contributed by atoms with E-state index in [9.17, 15) is 14.7 Å².